The highest BCUT2D eigenvalue weighted by Crippen LogP contribution is 2.49. The zero-order valence-electron chi connectivity index (χ0n) is 14.4. The SMILES string of the molecule is C[C@@]12OC[C@@H](c3ccccc3)N1C(=O)c1cccnc1-c1ccccc12. The molecule has 1 aromatic heterocycles. The molecule has 26 heavy (non-hydrogen) atoms. The van der Waals surface area contributed by atoms with E-state index in [1.165, 1.54) is 0 Å². The number of hydrogen-bond donors (Lipinski definition) is 0. The average Bonchev–Trinajstić information content (AvgIpc) is 3.03. The summed E-state index contributed by atoms with van der Waals surface area (Å²) in [4.78, 5) is 20.0. The summed E-state index contributed by atoms with van der Waals surface area (Å²) in [5, 5.41) is 0. The monoisotopic (exact) mass is 342 g/mol. The summed E-state index contributed by atoms with van der Waals surface area (Å²) in [6.07, 6.45) is 1.73. The predicted octanol–water partition coefficient (Wildman–Crippen LogP) is 4.15. The smallest absolute Gasteiger partial charge is 0.259 e. The van der Waals surface area contributed by atoms with Gasteiger partial charge in [-0.15, -0.1) is 0 Å². The van der Waals surface area contributed by atoms with Crippen molar-refractivity contribution in [1.82, 2.24) is 9.88 Å². The van der Waals surface area contributed by atoms with Crippen molar-refractivity contribution in [2.45, 2.75) is 18.7 Å². The third-order valence-corrected chi connectivity index (χ3v) is 5.42. The Morgan fingerprint density at radius 3 is 2.58 bits per heavy atom. The van der Waals surface area contributed by atoms with Gasteiger partial charge >= 0.3 is 0 Å². The highest BCUT2D eigenvalue weighted by atomic mass is 16.5. The summed E-state index contributed by atoms with van der Waals surface area (Å²) in [5.41, 5.74) is 3.53. The number of rotatable bonds is 1. The Labute approximate surface area is 152 Å². The number of aromatic nitrogens is 1. The highest BCUT2D eigenvalue weighted by Gasteiger charge is 2.52. The van der Waals surface area contributed by atoms with Gasteiger partial charge in [-0.2, -0.15) is 0 Å². The maximum absolute atomic E-state index is 13.6. The lowest BCUT2D eigenvalue weighted by Crippen LogP contribution is -2.44. The number of carbonyl (C=O) groups is 1. The third kappa shape index (κ3) is 1.99. The number of pyridine rings is 1. The lowest BCUT2D eigenvalue weighted by atomic mass is 9.95. The van der Waals surface area contributed by atoms with Crippen molar-refractivity contribution < 1.29 is 9.53 Å². The molecule has 2 aliphatic rings. The largest absolute Gasteiger partial charge is 0.349 e. The van der Waals surface area contributed by atoms with Crippen molar-refractivity contribution >= 4 is 5.91 Å². The maximum atomic E-state index is 13.6. The third-order valence-electron chi connectivity index (χ3n) is 5.42. The fraction of sp³-hybridized carbons (Fsp3) is 0.182. The molecule has 1 amide bonds. The van der Waals surface area contributed by atoms with Crippen LogP contribution in [0.3, 0.4) is 0 Å². The van der Waals surface area contributed by atoms with E-state index in [9.17, 15) is 4.79 Å². The fourth-order valence-electron chi connectivity index (χ4n) is 4.16. The summed E-state index contributed by atoms with van der Waals surface area (Å²) in [7, 11) is 0. The summed E-state index contributed by atoms with van der Waals surface area (Å²) >= 11 is 0. The van der Waals surface area contributed by atoms with Gasteiger partial charge in [0.2, 0.25) is 0 Å². The molecular formula is C22H18N2O2. The first kappa shape index (κ1) is 15.3. The first-order valence-corrected chi connectivity index (χ1v) is 8.77. The van der Waals surface area contributed by atoms with E-state index in [2.05, 4.69) is 4.98 Å². The van der Waals surface area contributed by atoms with Crippen LogP contribution in [0.5, 0.6) is 0 Å². The van der Waals surface area contributed by atoms with Crippen molar-refractivity contribution in [2.24, 2.45) is 0 Å². The number of ether oxygens (including phenoxy) is 1. The molecule has 5 rings (SSSR count). The van der Waals surface area contributed by atoms with Crippen LogP contribution in [-0.2, 0) is 10.5 Å². The Hall–Kier alpha value is -2.98. The molecule has 1 fully saturated rings. The molecule has 2 aliphatic heterocycles. The second-order valence-corrected chi connectivity index (χ2v) is 6.84. The van der Waals surface area contributed by atoms with Crippen molar-refractivity contribution in [3.05, 3.63) is 89.6 Å². The van der Waals surface area contributed by atoms with Gasteiger partial charge in [0.15, 0.2) is 5.72 Å². The topological polar surface area (TPSA) is 42.4 Å². The van der Waals surface area contributed by atoms with Gasteiger partial charge in [-0.05, 0) is 24.6 Å². The number of amides is 1. The van der Waals surface area contributed by atoms with E-state index in [0.717, 1.165) is 22.4 Å². The van der Waals surface area contributed by atoms with E-state index < -0.39 is 5.72 Å². The number of carbonyl (C=O) groups excluding carboxylic acids is 1. The molecule has 0 unspecified atom stereocenters. The average molecular weight is 342 g/mol. The second-order valence-electron chi connectivity index (χ2n) is 6.84. The van der Waals surface area contributed by atoms with Gasteiger partial charge in [-0.1, -0.05) is 54.6 Å². The van der Waals surface area contributed by atoms with Crippen molar-refractivity contribution in [1.29, 1.82) is 0 Å². The standard InChI is InChI=1S/C22H18N2O2/c1-22-18-12-6-5-10-16(18)20-17(11-7-13-23-20)21(25)24(22)19(14-26-22)15-8-3-2-4-9-15/h2-13,19H,14H2,1H3/t19-,22-/m0/s1. The van der Waals surface area contributed by atoms with Gasteiger partial charge in [-0.25, -0.2) is 0 Å². The van der Waals surface area contributed by atoms with Crippen LogP contribution in [0.15, 0.2) is 72.9 Å². The minimum Gasteiger partial charge on any atom is -0.349 e. The van der Waals surface area contributed by atoms with Crippen molar-refractivity contribution in [3.8, 4) is 11.3 Å². The molecule has 4 nitrogen and oxygen atoms in total. The second kappa shape index (κ2) is 5.51. The predicted molar refractivity (Wildman–Crippen MR) is 98.3 cm³/mol. The highest BCUT2D eigenvalue weighted by molar-refractivity contribution is 6.02. The minimum absolute atomic E-state index is 0.0434. The van der Waals surface area contributed by atoms with Crippen LogP contribution in [0.2, 0.25) is 0 Å². The van der Waals surface area contributed by atoms with Crippen LogP contribution >= 0.6 is 0 Å². The van der Waals surface area contributed by atoms with Crippen LogP contribution in [0.1, 0.15) is 34.5 Å². The summed E-state index contributed by atoms with van der Waals surface area (Å²) in [6.45, 7) is 2.45. The van der Waals surface area contributed by atoms with Gasteiger partial charge in [0, 0.05) is 17.3 Å². The quantitative estimate of drug-likeness (QED) is 0.667. The molecule has 0 radical (unpaired) electrons. The van der Waals surface area contributed by atoms with Gasteiger partial charge in [0.25, 0.3) is 5.91 Å². The number of fused-ring (bicyclic) bond motifs is 5. The van der Waals surface area contributed by atoms with Crippen LogP contribution in [0.4, 0.5) is 0 Å². The van der Waals surface area contributed by atoms with Crippen LogP contribution in [-0.4, -0.2) is 22.4 Å². The van der Waals surface area contributed by atoms with E-state index in [-0.39, 0.29) is 11.9 Å². The Balaban J connectivity index is 1.78. The first-order valence-electron chi connectivity index (χ1n) is 8.77. The van der Waals surface area contributed by atoms with Gasteiger partial charge in [0.1, 0.15) is 0 Å². The zero-order chi connectivity index (χ0) is 17.7. The van der Waals surface area contributed by atoms with E-state index in [4.69, 9.17) is 4.74 Å². The molecule has 0 spiro atoms. The van der Waals surface area contributed by atoms with Crippen LogP contribution < -0.4 is 0 Å². The summed E-state index contributed by atoms with van der Waals surface area (Å²) in [5.74, 6) is -0.0434. The van der Waals surface area contributed by atoms with E-state index in [1.807, 2.05) is 78.6 Å². The molecule has 2 aromatic carbocycles. The van der Waals surface area contributed by atoms with Crippen LogP contribution in [0.25, 0.3) is 11.3 Å². The molecule has 1 saturated heterocycles. The van der Waals surface area contributed by atoms with Crippen LogP contribution in [0, 0.1) is 0 Å². The molecule has 4 heteroatoms. The minimum atomic E-state index is -0.825. The Morgan fingerprint density at radius 2 is 1.73 bits per heavy atom. The molecule has 0 N–H and O–H groups in total. The first-order chi connectivity index (χ1) is 12.7. The lowest BCUT2D eigenvalue weighted by molar-refractivity contribution is -0.0598. The Morgan fingerprint density at radius 1 is 1.00 bits per heavy atom. The van der Waals surface area contributed by atoms with Crippen molar-refractivity contribution in [3.63, 3.8) is 0 Å². The van der Waals surface area contributed by atoms with Gasteiger partial charge in [0.05, 0.1) is 23.9 Å². The summed E-state index contributed by atoms with van der Waals surface area (Å²) < 4.78 is 6.30. The van der Waals surface area contributed by atoms with Gasteiger partial charge < -0.3 is 4.74 Å². The summed E-state index contributed by atoms with van der Waals surface area (Å²) in [6, 6.07) is 21.6. The molecule has 0 saturated carbocycles. The van der Waals surface area contributed by atoms with Crippen molar-refractivity contribution in [2.75, 3.05) is 6.61 Å². The molecule has 0 aliphatic carbocycles. The number of hydrogen-bond acceptors (Lipinski definition) is 3. The molecule has 2 atom stereocenters. The molecular weight excluding hydrogens is 324 g/mol. The zero-order valence-corrected chi connectivity index (χ0v) is 14.4. The Kier molecular flexibility index (Phi) is 3.24. The Bertz CT molecular complexity index is 1000. The fourth-order valence-corrected chi connectivity index (χ4v) is 4.16. The normalized spacial score (nSPS) is 23.8. The van der Waals surface area contributed by atoms with Gasteiger partial charge in [-0.3, -0.25) is 14.7 Å². The van der Waals surface area contributed by atoms with E-state index >= 15 is 0 Å². The molecule has 3 heterocycles. The maximum Gasteiger partial charge on any atom is 0.259 e. The number of benzene rings is 2. The van der Waals surface area contributed by atoms with E-state index in [0.29, 0.717) is 12.2 Å². The molecule has 3 aromatic rings. The molecule has 128 valence electrons. The molecule has 0 bridgehead atoms. The number of nitrogens with zero attached hydrogens (tertiary/aromatic N) is 2. The van der Waals surface area contributed by atoms with E-state index in [1.54, 1.807) is 6.20 Å². The lowest BCUT2D eigenvalue weighted by Gasteiger charge is -2.36.